The summed E-state index contributed by atoms with van der Waals surface area (Å²) in [6, 6.07) is 14.8. The van der Waals surface area contributed by atoms with Gasteiger partial charge in [0.15, 0.2) is 0 Å². The van der Waals surface area contributed by atoms with Gasteiger partial charge in [0.25, 0.3) is 0 Å². The maximum absolute atomic E-state index is 12.5. The van der Waals surface area contributed by atoms with Crippen LogP contribution in [0.15, 0.2) is 48.5 Å². The molecule has 0 bridgehead atoms. The van der Waals surface area contributed by atoms with Crippen molar-refractivity contribution in [3.8, 4) is 11.5 Å². The Labute approximate surface area is 226 Å². The third-order valence-electron chi connectivity index (χ3n) is 7.02. The number of rotatable bonds is 9. The lowest BCUT2D eigenvalue weighted by molar-refractivity contribution is -0.133. The second-order valence-corrected chi connectivity index (χ2v) is 11.8. The molecule has 2 aliphatic rings. The minimum absolute atomic E-state index is 0. The van der Waals surface area contributed by atoms with Gasteiger partial charge in [-0.05, 0) is 73.6 Å². The number of carbonyl (C=O) groups excluding carboxylic acids is 1. The van der Waals surface area contributed by atoms with Crippen molar-refractivity contribution >= 4 is 34.0 Å². The lowest BCUT2D eigenvalue weighted by Crippen LogP contribution is -2.49. The molecule has 37 heavy (non-hydrogen) atoms. The summed E-state index contributed by atoms with van der Waals surface area (Å²) in [4.78, 5) is 14.9. The number of nitrogens with zero attached hydrogens (tertiary/aromatic N) is 1. The number of ether oxygens (including phenoxy) is 1. The molecular weight excluding hydrogens is 514 g/mol. The van der Waals surface area contributed by atoms with Gasteiger partial charge < -0.3 is 15.2 Å². The van der Waals surface area contributed by atoms with Gasteiger partial charge >= 0.3 is 0 Å². The van der Waals surface area contributed by atoms with Crippen LogP contribution in [0.1, 0.15) is 50.5 Å². The van der Waals surface area contributed by atoms with E-state index in [0.717, 1.165) is 64.4 Å². The second-order valence-electron chi connectivity index (χ2n) is 10.0. The highest BCUT2D eigenvalue weighted by Gasteiger charge is 2.29. The predicted molar refractivity (Wildman–Crippen MR) is 148 cm³/mol. The van der Waals surface area contributed by atoms with E-state index in [1.165, 1.54) is 12.0 Å². The van der Waals surface area contributed by atoms with Gasteiger partial charge in [0.05, 0.1) is 6.26 Å². The predicted octanol–water partition coefficient (Wildman–Crippen LogP) is 4.29. The fourth-order valence-corrected chi connectivity index (χ4v) is 5.61. The molecule has 2 aromatic rings. The summed E-state index contributed by atoms with van der Waals surface area (Å²) < 4.78 is 30.9. The third-order valence-corrected chi connectivity index (χ3v) is 7.63. The van der Waals surface area contributed by atoms with Crippen LogP contribution in [0.2, 0.25) is 0 Å². The van der Waals surface area contributed by atoms with E-state index < -0.39 is 16.1 Å². The number of sulfonamides is 1. The molecule has 204 valence electrons. The van der Waals surface area contributed by atoms with E-state index in [-0.39, 0.29) is 30.3 Å². The average Bonchev–Trinajstić information content (AvgIpc) is 2.87. The quantitative estimate of drug-likeness (QED) is 0.429. The van der Waals surface area contributed by atoms with Crippen molar-refractivity contribution in [1.29, 1.82) is 0 Å². The van der Waals surface area contributed by atoms with Gasteiger partial charge in [-0.25, -0.2) is 8.42 Å². The van der Waals surface area contributed by atoms with E-state index in [1.54, 1.807) is 24.3 Å². The molecule has 0 spiro atoms. The molecule has 1 atom stereocenters. The monoisotopic (exact) mass is 551 g/mol. The second kappa shape index (κ2) is 13.5. The highest BCUT2D eigenvalue weighted by Crippen LogP contribution is 2.27. The molecular formula is C27H38ClN3O5S. The first-order valence-corrected chi connectivity index (χ1v) is 14.7. The standard InChI is InChI=1S/C27H37N3O5S.ClH/c1-36(33,34)29-23-9-13-25(14-10-23)35-24-11-7-20(8-12-24)19-30-17-15-22(16-18-30)28-27(32)26(31)21-5-3-2-4-6-21;/h7-14,21-22,26,29,31H,2-6,15-19H2,1H3,(H,28,32);1H/t26-;/m0./s1. The number of piperidine rings is 1. The van der Waals surface area contributed by atoms with Crippen molar-refractivity contribution in [2.24, 2.45) is 5.92 Å². The molecule has 0 aromatic heterocycles. The fourth-order valence-electron chi connectivity index (χ4n) is 5.05. The molecule has 3 N–H and O–H groups in total. The van der Waals surface area contributed by atoms with Crippen LogP contribution in [0.4, 0.5) is 5.69 Å². The van der Waals surface area contributed by atoms with Crippen LogP contribution in [0.25, 0.3) is 0 Å². The molecule has 1 aliphatic heterocycles. The third kappa shape index (κ3) is 9.17. The van der Waals surface area contributed by atoms with Crippen LogP contribution in [0.3, 0.4) is 0 Å². The Hall–Kier alpha value is -2.33. The Morgan fingerprint density at radius 2 is 1.54 bits per heavy atom. The summed E-state index contributed by atoms with van der Waals surface area (Å²) in [5.74, 6) is 1.25. The number of aliphatic hydroxyl groups is 1. The lowest BCUT2D eigenvalue weighted by atomic mass is 9.85. The van der Waals surface area contributed by atoms with E-state index in [0.29, 0.717) is 17.2 Å². The summed E-state index contributed by atoms with van der Waals surface area (Å²) in [6.07, 6.45) is 7.34. The summed E-state index contributed by atoms with van der Waals surface area (Å²) in [6.45, 7) is 2.63. The zero-order chi connectivity index (χ0) is 25.5. The van der Waals surface area contributed by atoms with Crippen molar-refractivity contribution in [2.75, 3.05) is 24.1 Å². The number of amides is 1. The molecule has 8 nitrogen and oxygen atoms in total. The Morgan fingerprint density at radius 1 is 0.973 bits per heavy atom. The minimum Gasteiger partial charge on any atom is -0.457 e. The first kappa shape index (κ1) is 29.2. The van der Waals surface area contributed by atoms with Gasteiger partial charge in [0.1, 0.15) is 17.6 Å². The summed E-state index contributed by atoms with van der Waals surface area (Å²) >= 11 is 0. The molecule has 1 aliphatic carbocycles. The number of aliphatic hydroxyl groups excluding tert-OH is 1. The maximum Gasteiger partial charge on any atom is 0.249 e. The van der Waals surface area contributed by atoms with E-state index in [1.807, 2.05) is 24.3 Å². The zero-order valence-corrected chi connectivity index (χ0v) is 22.9. The van der Waals surface area contributed by atoms with Crippen LogP contribution in [-0.2, 0) is 21.4 Å². The highest BCUT2D eigenvalue weighted by molar-refractivity contribution is 7.92. The van der Waals surface area contributed by atoms with Crippen molar-refractivity contribution in [2.45, 2.75) is 63.6 Å². The van der Waals surface area contributed by atoms with Crippen LogP contribution in [-0.4, -0.2) is 55.8 Å². The Kier molecular flexibility index (Phi) is 10.6. The van der Waals surface area contributed by atoms with Crippen LogP contribution in [0, 0.1) is 5.92 Å². The van der Waals surface area contributed by atoms with Gasteiger partial charge in [-0.15, -0.1) is 12.4 Å². The lowest BCUT2D eigenvalue weighted by Gasteiger charge is -2.33. The Bertz CT molecular complexity index is 1100. The molecule has 2 fully saturated rings. The topological polar surface area (TPSA) is 108 Å². The minimum atomic E-state index is -3.31. The number of halogens is 1. The summed E-state index contributed by atoms with van der Waals surface area (Å²) in [7, 11) is -3.31. The number of nitrogens with one attached hydrogen (secondary N) is 2. The smallest absolute Gasteiger partial charge is 0.249 e. The summed E-state index contributed by atoms with van der Waals surface area (Å²) in [5, 5.41) is 13.5. The van der Waals surface area contributed by atoms with Crippen LogP contribution >= 0.6 is 12.4 Å². The first-order valence-electron chi connectivity index (χ1n) is 12.8. The number of hydrogen-bond acceptors (Lipinski definition) is 6. The molecule has 0 radical (unpaired) electrons. The normalized spacial score (nSPS) is 18.4. The SMILES string of the molecule is CS(=O)(=O)Nc1ccc(Oc2ccc(CN3CCC(NC(=O)[C@@H](O)C4CCCCC4)CC3)cc2)cc1.Cl. The first-order chi connectivity index (χ1) is 17.2. The zero-order valence-electron chi connectivity index (χ0n) is 21.3. The van der Waals surface area contributed by atoms with Gasteiger partial charge in [-0.2, -0.15) is 0 Å². The number of anilines is 1. The van der Waals surface area contributed by atoms with Gasteiger partial charge in [-0.1, -0.05) is 31.4 Å². The molecule has 1 saturated carbocycles. The van der Waals surface area contributed by atoms with Crippen molar-refractivity contribution in [3.05, 3.63) is 54.1 Å². The maximum atomic E-state index is 12.5. The molecule has 0 unspecified atom stereocenters. The molecule has 1 saturated heterocycles. The van der Waals surface area contributed by atoms with E-state index >= 15 is 0 Å². The molecule has 10 heteroatoms. The highest BCUT2D eigenvalue weighted by atomic mass is 35.5. The largest absolute Gasteiger partial charge is 0.457 e. The van der Waals surface area contributed by atoms with Gasteiger partial charge in [0, 0.05) is 31.4 Å². The molecule has 4 rings (SSSR count). The van der Waals surface area contributed by atoms with E-state index in [4.69, 9.17) is 4.74 Å². The van der Waals surface area contributed by atoms with Gasteiger partial charge in [0.2, 0.25) is 15.9 Å². The van der Waals surface area contributed by atoms with E-state index in [9.17, 15) is 18.3 Å². The molecule has 1 heterocycles. The number of hydrogen-bond donors (Lipinski definition) is 3. The fraction of sp³-hybridized carbons (Fsp3) is 0.519. The van der Waals surface area contributed by atoms with Crippen LogP contribution < -0.4 is 14.8 Å². The van der Waals surface area contributed by atoms with Crippen molar-refractivity contribution < 1.29 is 23.1 Å². The Morgan fingerprint density at radius 3 is 2.11 bits per heavy atom. The summed E-state index contributed by atoms with van der Waals surface area (Å²) in [5.41, 5.74) is 1.68. The Balaban J connectivity index is 0.00000380. The van der Waals surface area contributed by atoms with Crippen molar-refractivity contribution in [1.82, 2.24) is 10.2 Å². The number of benzene rings is 2. The molecule has 2 aromatic carbocycles. The van der Waals surface area contributed by atoms with Crippen LogP contribution in [0.5, 0.6) is 11.5 Å². The number of likely N-dealkylation sites (tertiary alicyclic amines) is 1. The van der Waals surface area contributed by atoms with Gasteiger partial charge in [-0.3, -0.25) is 14.4 Å². The molecule has 1 amide bonds. The average molecular weight is 552 g/mol. The number of carbonyl (C=O) groups is 1. The van der Waals surface area contributed by atoms with Crippen molar-refractivity contribution in [3.63, 3.8) is 0 Å². The van der Waals surface area contributed by atoms with E-state index in [2.05, 4.69) is 14.9 Å².